The molecule has 17 heavy (non-hydrogen) atoms. The summed E-state index contributed by atoms with van der Waals surface area (Å²) in [5.74, 6) is 0.689. The van der Waals surface area contributed by atoms with E-state index in [-0.39, 0.29) is 5.69 Å². The van der Waals surface area contributed by atoms with Gasteiger partial charge in [-0.25, -0.2) is 4.98 Å². The predicted octanol–water partition coefficient (Wildman–Crippen LogP) is 1.52. The summed E-state index contributed by atoms with van der Waals surface area (Å²) in [6.45, 7) is 1.68. The van der Waals surface area contributed by atoms with Crippen LogP contribution in [0.2, 0.25) is 0 Å². The van der Waals surface area contributed by atoms with Crippen LogP contribution in [0.3, 0.4) is 0 Å². The van der Waals surface area contributed by atoms with Gasteiger partial charge in [0.1, 0.15) is 11.9 Å². The lowest BCUT2D eigenvalue weighted by Crippen LogP contribution is -2.13. The summed E-state index contributed by atoms with van der Waals surface area (Å²) >= 11 is 0. The van der Waals surface area contributed by atoms with E-state index in [4.69, 9.17) is 15.7 Å². The third kappa shape index (κ3) is 3.08. The van der Waals surface area contributed by atoms with Crippen molar-refractivity contribution in [3.63, 3.8) is 0 Å². The normalized spacial score (nSPS) is 18.9. The Morgan fingerprint density at radius 3 is 3.18 bits per heavy atom. The molecule has 1 fully saturated rings. The number of ether oxygens (including phenoxy) is 1. The fourth-order valence-electron chi connectivity index (χ4n) is 1.89. The molecule has 1 saturated heterocycles. The number of pyridine rings is 1. The van der Waals surface area contributed by atoms with E-state index in [0.717, 1.165) is 32.4 Å². The molecule has 1 aliphatic rings. The van der Waals surface area contributed by atoms with Crippen molar-refractivity contribution < 1.29 is 4.74 Å². The van der Waals surface area contributed by atoms with Crippen LogP contribution in [0.1, 0.15) is 25.0 Å². The van der Waals surface area contributed by atoms with E-state index in [0.29, 0.717) is 17.6 Å². The molecule has 0 bridgehead atoms. The highest BCUT2D eigenvalue weighted by Crippen LogP contribution is 2.16. The minimum absolute atomic E-state index is 0.270. The zero-order chi connectivity index (χ0) is 12.1. The molecule has 2 heterocycles. The lowest BCUT2D eigenvalue weighted by atomic mass is 10.2. The molecule has 0 aromatic carbocycles. The molecule has 1 aromatic heterocycles. The number of nitrogen functional groups attached to an aromatic ring is 1. The van der Waals surface area contributed by atoms with E-state index < -0.39 is 0 Å². The molecule has 3 N–H and O–H groups in total. The number of hydrogen-bond donors (Lipinski definition) is 2. The number of nitrogens with zero attached hydrogens (tertiary/aromatic N) is 2. The minimum Gasteiger partial charge on any atom is -0.396 e. The third-order valence-electron chi connectivity index (χ3n) is 2.83. The number of nitrogens with two attached hydrogens (primary N) is 1. The van der Waals surface area contributed by atoms with Gasteiger partial charge in [-0.05, 0) is 31.4 Å². The quantitative estimate of drug-likeness (QED) is 0.822. The number of anilines is 2. The van der Waals surface area contributed by atoms with Crippen molar-refractivity contribution in [3.8, 4) is 6.07 Å². The molecule has 0 aliphatic carbocycles. The standard InChI is InChI=1S/C12H16N4O/c13-8-11-10(14)3-4-12(16-11)15-6-5-9-2-1-7-17-9/h3-4,9H,1-2,5-7,14H2,(H,15,16). The van der Waals surface area contributed by atoms with Gasteiger partial charge in [0.15, 0.2) is 5.69 Å². The Labute approximate surface area is 101 Å². The maximum atomic E-state index is 8.80. The van der Waals surface area contributed by atoms with Crippen LogP contribution < -0.4 is 11.1 Å². The molecule has 90 valence electrons. The summed E-state index contributed by atoms with van der Waals surface area (Å²) < 4.78 is 5.52. The zero-order valence-corrected chi connectivity index (χ0v) is 9.65. The van der Waals surface area contributed by atoms with Crippen LogP contribution in [0.5, 0.6) is 0 Å². The first kappa shape index (κ1) is 11.7. The van der Waals surface area contributed by atoms with E-state index in [9.17, 15) is 0 Å². The molecule has 0 saturated carbocycles. The van der Waals surface area contributed by atoms with Gasteiger partial charge >= 0.3 is 0 Å². The first-order valence-electron chi connectivity index (χ1n) is 5.81. The third-order valence-corrected chi connectivity index (χ3v) is 2.83. The van der Waals surface area contributed by atoms with E-state index in [1.807, 2.05) is 6.07 Å². The van der Waals surface area contributed by atoms with Gasteiger partial charge < -0.3 is 15.8 Å². The highest BCUT2D eigenvalue weighted by molar-refractivity contribution is 5.54. The fraction of sp³-hybridized carbons (Fsp3) is 0.500. The number of nitrogens with one attached hydrogen (secondary N) is 1. The smallest absolute Gasteiger partial charge is 0.165 e. The number of hydrogen-bond acceptors (Lipinski definition) is 5. The Morgan fingerprint density at radius 2 is 2.47 bits per heavy atom. The van der Waals surface area contributed by atoms with Crippen molar-refractivity contribution in [1.29, 1.82) is 5.26 Å². The Hall–Kier alpha value is -1.80. The second-order valence-corrected chi connectivity index (χ2v) is 4.10. The van der Waals surface area contributed by atoms with Crippen molar-refractivity contribution in [2.45, 2.75) is 25.4 Å². The van der Waals surface area contributed by atoms with Crippen molar-refractivity contribution in [1.82, 2.24) is 4.98 Å². The molecular weight excluding hydrogens is 216 g/mol. The molecule has 0 amide bonds. The van der Waals surface area contributed by atoms with E-state index >= 15 is 0 Å². The van der Waals surface area contributed by atoms with Crippen LogP contribution >= 0.6 is 0 Å². The lowest BCUT2D eigenvalue weighted by Gasteiger charge is -2.10. The van der Waals surface area contributed by atoms with Crippen molar-refractivity contribution in [3.05, 3.63) is 17.8 Å². The molecule has 0 spiro atoms. The first-order chi connectivity index (χ1) is 8.29. The van der Waals surface area contributed by atoms with E-state index in [2.05, 4.69) is 10.3 Å². The highest BCUT2D eigenvalue weighted by Gasteiger charge is 2.14. The van der Waals surface area contributed by atoms with Gasteiger partial charge in [-0.2, -0.15) is 5.26 Å². The van der Waals surface area contributed by atoms with Crippen LogP contribution in [0, 0.1) is 11.3 Å². The summed E-state index contributed by atoms with van der Waals surface area (Å²) in [6.07, 6.45) is 3.63. The summed E-state index contributed by atoms with van der Waals surface area (Å²) in [5, 5.41) is 12.0. The SMILES string of the molecule is N#Cc1nc(NCCC2CCCO2)ccc1N. The van der Waals surface area contributed by atoms with Crippen LogP contribution in [0.15, 0.2) is 12.1 Å². The van der Waals surface area contributed by atoms with Gasteiger partial charge in [-0.3, -0.25) is 0 Å². The van der Waals surface area contributed by atoms with E-state index in [1.54, 1.807) is 12.1 Å². The number of aromatic nitrogens is 1. The largest absolute Gasteiger partial charge is 0.396 e. The highest BCUT2D eigenvalue weighted by atomic mass is 16.5. The Bertz CT molecular complexity index is 421. The maximum absolute atomic E-state index is 8.80. The Balaban J connectivity index is 1.84. The minimum atomic E-state index is 0.270. The Kier molecular flexibility index (Phi) is 3.78. The topological polar surface area (TPSA) is 84.0 Å². The van der Waals surface area contributed by atoms with E-state index in [1.165, 1.54) is 0 Å². The fourth-order valence-corrected chi connectivity index (χ4v) is 1.89. The van der Waals surface area contributed by atoms with Gasteiger partial charge in [-0.15, -0.1) is 0 Å². The van der Waals surface area contributed by atoms with Crippen LogP contribution in [-0.2, 0) is 4.74 Å². The molecule has 5 heteroatoms. The molecular formula is C12H16N4O. The molecule has 2 rings (SSSR count). The molecule has 5 nitrogen and oxygen atoms in total. The number of nitriles is 1. The molecule has 1 unspecified atom stereocenters. The summed E-state index contributed by atoms with van der Waals surface area (Å²) in [6, 6.07) is 5.44. The number of rotatable bonds is 4. The first-order valence-corrected chi connectivity index (χ1v) is 5.81. The summed E-state index contributed by atoms with van der Waals surface area (Å²) in [5.41, 5.74) is 6.28. The van der Waals surface area contributed by atoms with Crippen LogP contribution in [0.25, 0.3) is 0 Å². The lowest BCUT2D eigenvalue weighted by molar-refractivity contribution is 0.107. The predicted molar refractivity (Wildman–Crippen MR) is 65.4 cm³/mol. The van der Waals surface area contributed by atoms with Crippen LogP contribution in [0.4, 0.5) is 11.5 Å². The average molecular weight is 232 g/mol. The zero-order valence-electron chi connectivity index (χ0n) is 9.65. The van der Waals surface area contributed by atoms with Gasteiger partial charge in [0.2, 0.25) is 0 Å². The second kappa shape index (κ2) is 5.51. The van der Waals surface area contributed by atoms with Gasteiger partial charge in [-0.1, -0.05) is 0 Å². The maximum Gasteiger partial charge on any atom is 0.165 e. The molecule has 1 aliphatic heterocycles. The summed E-state index contributed by atoms with van der Waals surface area (Å²) in [7, 11) is 0. The second-order valence-electron chi connectivity index (χ2n) is 4.10. The molecule has 1 atom stereocenters. The Morgan fingerprint density at radius 1 is 1.59 bits per heavy atom. The average Bonchev–Trinajstić information content (AvgIpc) is 2.84. The summed E-state index contributed by atoms with van der Waals surface area (Å²) in [4.78, 5) is 4.12. The van der Waals surface area contributed by atoms with Crippen molar-refractivity contribution >= 4 is 11.5 Å². The van der Waals surface area contributed by atoms with Crippen molar-refractivity contribution in [2.24, 2.45) is 0 Å². The van der Waals surface area contributed by atoms with Gasteiger partial charge in [0.05, 0.1) is 11.8 Å². The van der Waals surface area contributed by atoms with Crippen molar-refractivity contribution in [2.75, 3.05) is 24.2 Å². The monoisotopic (exact) mass is 232 g/mol. The molecule has 0 radical (unpaired) electrons. The molecule has 1 aromatic rings. The van der Waals surface area contributed by atoms with Gasteiger partial charge in [0.25, 0.3) is 0 Å². The van der Waals surface area contributed by atoms with Gasteiger partial charge in [0, 0.05) is 13.2 Å². The van der Waals surface area contributed by atoms with Crippen LogP contribution in [-0.4, -0.2) is 24.2 Å².